The maximum absolute atomic E-state index is 5.38. The summed E-state index contributed by atoms with van der Waals surface area (Å²) in [6.07, 6.45) is 8.16. The first-order valence-electron chi connectivity index (χ1n) is 6.24. The predicted octanol–water partition coefficient (Wildman–Crippen LogP) is 0.812. The molecule has 0 spiro atoms. The Labute approximate surface area is 114 Å². The van der Waals surface area contributed by atoms with Crippen LogP contribution in [0.5, 0.6) is 0 Å². The summed E-state index contributed by atoms with van der Waals surface area (Å²) in [6, 6.07) is 0. The van der Waals surface area contributed by atoms with Crippen LogP contribution in [0.2, 0.25) is 0 Å². The molecule has 0 fully saturated rings. The average molecular weight is 222 g/mol. The minimum absolute atomic E-state index is 0. The van der Waals surface area contributed by atoms with Crippen molar-refractivity contribution < 1.29 is 28.3 Å². The minimum atomic E-state index is 0. The van der Waals surface area contributed by atoms with Crippen molar-refractivity contribution in [1.29, 1.82) is 0 Å². The van der Waals surface area contributed by atoms with Gasteiger partial charge in [-0.25, -0.2) is 0 Å². The first-order chi connectivity index (χ1) is 7.31. The van der Waals surface area contributed by atoms with E-state index >= 15 is 0 Å². The summed E-state index contributed by atoms with van der Waals surface area (Å²) in [4.78, 5) is 0. The van der Waals surface area contributed by atoms with Gasteiger partial charge in [-0.05, 0) is 12.8 Å². The SMILES string of the molecule is C[CH-]CC(C)CCCOCOCCCC.[Li+]. The van der Waals surface area contributed by atoms with Crippen molar-refractivity contribution in [1.82, 2.24) is 0 Å². The summed E-state index contributed by atoms with van der Waals surface area (Å²) in [6.45, 7) is 8.70. The number of rotatable bonds is 11. The van der Waals surface area contributed by atoms with Gasteiger partial charge in [-0.1, -0.05) is 32.6 Å². The zero-order valence-corrected chi connectivity index (χ0v) is 11.6. The second-order valence-electron chi connectivity index (χ2n) is 4.18. The zero-order chi connectivity index (χ0) is 11.4. The van der Waals surface area contributed by atoms with E-state index in [2.05, 4.69) is 27.2 Å². The van der Waals surface area contributed by atoms with Gasteiger partial charge in [0.25, 0.3) is 0 Å². The van der Waals surface area contributed by atoms with E-state index in [4.69, 9.17) is 9.47 Å². The molecule has 0 aliphatic carbocycles. The standard InChI is InChI=1S/C13H27O2.Li/c1-4-6-10-14-12-15-11-7-9-13(3)8-5-2;/h5,13H,4,6-12H2,1-3H3;/q-1;+1. The normalized spacial score (nSPS) is 12.2. The van der Waals surface area contributed by atoms with Gasteiger partial charge in [0.15, 0.2) is 0 Å². The first-order valence-corrected chi connectivity index (χ1v) is 6.24. The Balaban J connectivity index is 0. The van der Waals surface area contributed by atoms with Gasteiger partial charge in [0.2, 0.25) is 0 Å². The largest absolute Gasteiger partial charge is 1.00 e. The van der Waals surface area contributed by atoms with Gasteiger partial charge in [-0.2, -0.15) is 13.3 Å². The van der Waals surface area contributed by atoms with E-state index in [0.717, 1.165) is 32.0 Å². The molecule has 0 amide bonds. The van der Waals surface area contributed by atoms with Crippen LogP contribution < -0.4 is 18.9 Å². The molecule has 1 atom stereocenters. The molecule has 0 aliphatic rings. The minimum Gasteiger partial charge on any atom is -0.355 e. The summed E-state index contributed by atoms with van der Waals surface area (Å²) < 4.78 is 10.7. The Morgan fingerprint density at radius 2 is 1.75 bits per heavy atom. The van der Waals surface area contributed by atoms with Gasteiger partial charge >= 0.3 is 18.9 Å². The van der Waals surface area contributed by atoms with Crippen LogP contribution in [0.1, 0.15) is 52.9 Å². The van der Waals surface area contributed by atoms with E-state index in [1.165, 1.54) is 19.3 Å². The molecule has 0 aromatic carbocycles. The Morgan fingerprint density at radius 3 is 2.31 bits per heavy atom. The Bertz CT molecular complexity index is 121. The molecule has 0 heterocycles. The van der Waals surface area contributed by atoms with Crippen LogP contribution in [-0.2, 0) is 9.47 Å². The molecule has 0 saturated carbocycles. The van der Waals surface area contributed by atoms with Crippen LogP contribution in [0.25, 0.3) is 0 Å². The van der Waals surface area contributed by atoms with E-state index in [0.29, 0.717) is 6.79 Å². The fraction of sp³-hybridized carbons (Fsp3) is 0.923. The summed E-state index contributed by atoms with van der Waals surface area (Å²) >= 11 is 0. The monoisotopic (exact) mass is 222 g/mol. The van der Waals surface area contributed by atoms with Gasteiger partial charge in [-0.15, -0.1) is 0 Å². The Morgan fingerprint density at radius 1 is 1.12 bits per heavy atom. The van der Waals surface area contributed by atoms with Crippen LogP contribution in [0.3, 0.4) is 0 Å². The molecule has 0 bridgehead atoms. The van der Waals surface area contributed by atoms with E-state index in [9.17, 15) is 0 Å². The van der Waals surface area contributed by atoms with E-state index in [-0.39, 0.29) is 18.9 Å². The molecule has 0 saturated heterocycles. The maximum atomic E-state index is 5.38. The third kappa shape index (κ3) is 14.5. The van der Waals surface area contributed by atoms with Crippen LogP contribution in [0.15, 0.2) is 0 Å². The van der Waals surface area contributed by atoms with Crippen molar-refractivity contribution in [3.63, 3.8) is 0 Å². The third-order valence-electron chi connectivity index (χ3n) is 2.43. The number of ether oxygens (including phenoxy) is 2. The summed E-state index contributed by atoms with van der Waals surface area (Å²) in [5.41, 5.74) is 0. The fourth-order valence-corrected chi connectivity index (χ4v) is 1.48. The fourth-order valence-electron chi connectivity index (χ4n) is 1.48. The van der Waals surface area contributed by atoms with Gasteiger partial charge in [0.1, 0.15) is 6.79 Å². The summed E-state index contributed by atoms with van der Waals surface area (Å²) in [7, 11) is 0. The molecule has 1 unspecified atom stereocenters. The van der Waals surface area contributed by atoms with Crippen LogP contribution in [-0.4, -0.2) is 20.0 Å². The molecule has 0 aromatic rings. The predicted molar refractivity (Wildman–Crippen MR) is 64.7 cm³/mol. The van der Waals surface area contributed by atoms with Gasteiger partial charge in [0.05, 0.1) is 0 Å². The van der Waals surface area contributed by atoms with Crippen LogP contribution in [0, 0.1) is 12.3 Å². The molecule has 0 aromatic heterocycles. The van der Waals surface area contributed by atoms with E-state index in [1.807, 2.05) is 0 Å². The number of unbranched alkanes of at least 4 members (excludes halogenated alkanes) is 1. The topological polar surface area (TPSA) is 18.5 Å². The molecule has 16 heavy (non-hydrogen) atoms. The number of hydrogen-bond donors (Lipinski definition) is 0. The smallest absolute Gasteiger partial charge is 0.355 e. The van der Waals surface area contributed by atoms with Crippen molar-refractivity contribution >= 4 is 0 Å². The zero-order valence-electron chi connectivity index (χ0n) is 11.6. The molecular weight excluding hydrogens is 195 g/mol. The quantitative estimate of drug-likeness (QED) is 0.223. The molecule has 0 radical (unpaired) electrons. The molecule has 0 aliphatic heterocycles. The van der Waals surface area contributed by atoms with Crippen molar-refractivity contribution in [2.24, 2.45) is 5.92 Å². The van der Waals surface area contributed by atoms with Crippen molar-refractivity contribution in [2.75, 3.05) is 20.0 Å². The average Bonchev–Trinajstić information content (AvgIpc) is 2.22. The van der Waals surface area contributed by atoms with Gasteiger partial charge in [-0.3, -0.25) is 0 Å². The van der Waals surface area contributed by atoms with E-state index < -0.39 is 0 Å². The second kappa shape index (κ2) is 15.5. The molecule has 2 nitrogen and oxygen atoms in total. The third-order valence-corrected chi connectivity index (χ3v) is 2.43. The number of hydrogen-bond acceptors (Lipinski definition) is 2. The van der Waals surface area contributed by atoms with Crippen molar-refractivity contribution in [3.8, 4) is 0 Å². The summed E-state index contributed by atoms with van der Waals surface area (Å²) in [5.74, 6) is 0.791. The first kappa shape index (κ1) is 18.9. The van der Waals surface area contributed by atoms with Crippen LogP contribution >= 0.6 is 0 Å². The van der Waals surface area contributed by atoms with Gasteiger partial charge < -0.3 is 15.9 Å². The van der Waals surface area contributed by atoms with Crippen molar-refractivity contribution in [3.05, 3.63) is 6.42 Å². The maximum Gasteiger partial charge on any atom is 1.00 e. The van der Waals surface area contributed by atoms with E-state index in [1.54, 1.807) is 0 Å². The molecule has 3 heteroatoms. The van der Waals surface area contributed by atoms with Gasteiger partial charge in [0, 0.05) is 13.2 Å². The molecule has 0 rings (SSSR count). The molecule has 92 valence electrons. The Hall–Kier alpha value is 0.517. The Kier molecular flexibility index (Phi) is 18.3. The molecular formula is C13H27LiO2. The second-order valence-corrected chi connectivity index (χ2v) is 4.18. The summed E-state index contributed by atoms with van der Waals surface area (Å²) in [5, 5.41) is 0. The molecule has 0 N–H and O–H groups in total. The van der Waals surface area contributed by atoms with Crippen LogP contribution in [0.4, 0.5) is 0 Å². The van der Waals surface area contributed by atoms with Crippen molar-refractivity contribution in [2.45, 2.75) is 52.9 Å².